The van der Waals surface area contributed by atoms with Crippen molar-refractivity contribution in [1.29, 1.82) is 0 Å². The van der Waals surface area contributed by atoms with Gasteiger partial charge in [0, 0.05) is 16.3 Å². The Labute approximate surface area is 97.6 Å². The maximum absolute atomic E-state index is 10.6. The number of rotatable bonds is 4. The molecule has 0 bridgehead atoms. The van der Waals surface area contributed by atoms with E-state index < -0.39 is 11.9 Å². The zero-order valence-corrected chi connectivity index (χ0v) is 9.81. The van der Waals surface area contributed by atoms with Crippen LogP contribution in [0.1, 0.15) is 6.92 Å². The number of aliphatic carboxylic acids is 1. The van der Waals surface area contributed by atoms with Gasteiger partial charge in [0.1, 0.15) is 0 Å². The van der Waals surface area contributed by atoms with Gasteiger partial charge >= 0.3 is 5.97 Å². The van der Waals surface area contributed by atoms with Gasteiger partial charge in [-0.05, 0) is 18.2 Å². The van der Waals surface area contributed by atoms with Crippen LogP contribution >= 0.6 is 23.4 Å². The third-order valence-electron chi connectivity index (χ3n) is 1.87. The normalized spacial score (nSPS) is 12.4. The summed E-state index contributed by atoms with van der Waals surface area (Å²) in [5, 5.41) is 9.32. The molecule has 0 aromatic heterocycles. The molecule has 0 aliphatic heterocycles. The van der Waals surface area contributed by atoms with Gasteiger partial charge in [-0.15, -0.1) is 11.8 Å². The molecule has 0 aliphatic carbocycles. The second-order valence-corrected chi connectivity index (χ2v) is 4.71. The Hall–Kier alpha value is -0.870. The molecule has 3 nitrogen and oxygen atoms in total. The summed E-state index contributed by atoms with van der Waals surface area (Å²) in [6.07, 6.45) is 0. The van der Waals surface area contributed by atoms with Crippen LogP contribution in [0, 0.1) is 5.92 Å². The van der Waals surface area contributed by atoms with Crippen LogP contribution in [-0.4, -0.2) is 16.8 Å². The molecule has 82 valence electrons. The number of hydrogen-bond acceptors (Lipinski definition) is 3. The Kier molecular flexibility index (Phi) is 4.29. The molecule has 0 fully saturated rings. The second-order valence-electron chi connectivity index (χ2n) is 3.24. The minimum Gasteiger partial charge on any atom is -0.481 e. The Morgan fingerprint density at radius 2 is 2.33 bits per heavy atom. The van der Waals surface area contributed by atoms with E-state index in [4.69, 9.17) is 22.4 Å². The molecule has 1 unspecified atom stereocenters. The van der Waals surface area contributed by atoms with E-state index in [1.165, 1.54) is 11.8 Å². The summed E-state index contributed by atoms with van der Waals surface area (Å²) in [5.74, 6) is -0.714. The van der Waals surface area contributed by atoms with Gasteiger partial charge in [-0.25, -0.2) is 0 Å². The molecule has 0 saturated carbocycles. The molecular weight excluding hydrogens is 234 g/mol. The standard InChI is InChI=1S/C10H12ClNO2S/c1-6(10(13)14)5-15-9-4-7(12)2-3-8(9)11/h2-4,6H,5,12H2,1H3,(H,13,14). The van der Waals surface area contributed by atoms with Crippen LogP contribution < -0.4 is 5.73 Å². The Morgan fingerprint density at radius 3 is 2.93 bits per heavy atom. The van der Waals surface area contributed by atoms with Gasteiger partial charge in [-0.3, -0.25) is 4.79 Å². The van der Waals surface area contributed by atoms with Crippen molar-refractivity contribution in [2.45, 2.75) is 11.8 Å². The van der Waals surface area contributed by atoms with Gasteiger partial charge in [-0.1, -0.05) is 18.5 Å². The van der Waals surface area contributed by atoms with Crippen LogP contribution in [0.25, 0.3) is 0 Å². The number of nitrogen functional groups attached to an aromatic ring is 1. The minimum absolute atomic E-state index is 0.396. The van der Waals surface area contributed by atoms with E-state index in [-0.39, 0.29) is 0 Å². The molecule has 5 heteroatoms. The van der Waals surface area contributed by atoms with Crippen LogP contribution in [0.3, 0.4) is 0 Å². The number of hydrogen-bond donors (Lipinski definition) is 2. The lowest BCUT2D eigenvalue weighted by atomic mass is 10.2. The maximum atomic E-state index is 10.6. The third kappa shape index (κ3) is 3.64. The summed E-state index contributed by atoms with van der Waals surface area (Å²) in [5.41, 5.74) is 6.23. The van der Waals surface area contributed by atoms with Gasteiger partial charge < -0.3 is 10.8 Å². The molecule has 0 radical (unpaired) electrons. The van der Waals surface area contributed by atoms with E-state index in [9.17, 15) is 4.79 Å². The molecule has 15 heavy (non-hydrogen) atoms. The molecule has 1 atom stereocenters. The molecule has 1 rings (SSSR count). The minimum atomic E-state index is -0.803. The van der Waals surface area contributed by atoms with Crippen molar-refractivity contribution < 1.29 is 9.90 Å². The lowest BCUT2D eigenvalue weighted by Gasteiger charge is -2.07. The van der Waals surface area contributed by atoms with E-state index in [1.54, 1.807) is 25.1 Å². The monoisotopic (exact) mass is 245 g/mol. The van der Waals surface area contributed by atoms with Crippen molar-refractivity contribution in [2.75, 3.05) is 11.5 Å². The van der Waals surface area contributed by atoms with Gasteiger partial charge in [-0.2, -0.15) is 0 Å². The van der Waals surface area contributed by atoms with Crippen LogP contribution in [0.15, 0.2) is 23.1 Å². The summed E-state index contributed by atoms with van der Waals surface area (Å²) in [4.78, 5) is 11.4. The predicted molar refractivity (Wildman–Crippen MR) is 63.4 cm³/mol. The Bertz CT molecular complexity index is 370. The van der Waals surface area contributed by atoms with Gasteiger partial charge in [0.25, 0.3) is 0 Å². The highest BCUT2D eigenvalue weighted by Crippen LogP contribution is 2.30. The lowest BCUT2D eigenvalue weighted by Crippen LogP contribution is -2.11. The Balaban J connectivity index is 2.65. The van der Waals surface area contributed by atoms with Crippen molar-refractivity contribution in [1.82, 2.24) is 0 Å². The van der Waals surface area contributed by atoms with Crippen molar-refractivity contribution in [3.63, 3.8) is 0 Å². The highest BCUT2D eigenvalue weighted by Gasteiger charge is 2.12. The lowest BCUT2D eigenvalue weighted by molar-refractivity contribution is -0.140. The maximum Gasteiger partial charge on any atom is 0.307 e. The molecule has 0 spiro atoms. The highest BCUT2D eigenvalue weighted by molar-refractivity contribution is 7.99. The molecule has 1 aromatic rings. The molecule has 0 heterocycles. The molecule has 0 saturated heterocycles. The number of benzene rings is 1. The molecular formula is C10H12ClNO2S. The van der Waals surface area contributed by atoms with Gasteiger partial charge in [0.2, 0.25) is 0 Å². The van der Waals surface area contributed by atoms with Crippen LogP contribution in [0.5, 0.6) is 0 Å². The van der Waals surface area contributed by atoms with E-state index >= 15 is 0 Å². The highest BCUT2D eigenvalue weighted by atomic mass is 35.5. The van der Waals surface area contributed by atoms with Crippen molar-refractivity contribution >= 4 is 35.0 Å². The first-order valence-electron chi connectivity index (χ1n) is 4.41. The fourth-order valence-electron chi connectivity index (χ4n) is 0.917. The first-order valence-corrected chi connectivity index (χ1v) is 5.77. The van der Waals surface area contributed by atoms with Crippen molar-refractivity contribution in [3.8, 4) is 0 Å². The van der Waals surface area contributed by atoms with Gasteiger partial charge in [0.15, 0.2) is 0 Å². The summed E-state index contributed by atoms with van der Waals surface area (Å²) in [6, 6.07) is 5.18. The summed E-state index contributed by atoms with van der Waals surface area (Å²) in [6.45, 7) is 1.66. The number of carboxylic acid groups (broad SMARTS) is 1. The summed E-state index contributed by atoms with van der Waals surface area (Å²) >= 11 is 7.34. The number of nitrogens with two attached hydrogens (primary N) is 1. The number of thioether (sulfide) groups is 1. The van der Waals surface area contributed by atoms with E-state index in [2.05, 4.69) is 0 Å². The third-order valence-corrected chi connectivity index (χ3v) is 3.62. The fraction of sp³-hybridized carbons (Fsp3) is 0.300. The quantitative estimate of drug-likeness (QED) is 0.633. The van der Waals surface area contributed by atoms with E-state index in [0.717, 1.165) is 4.90 Å². The van der Waals surface area contributed by atoms with Crippen molar-refractivity contribution in [3.05, 3.63) is 23.2 Å². The first-order chi connectivity index (χ1) is 7.00. The average Bonchev–Trinajstić information content (AvgIpc) is 2.18. The first kappa shape index (κ1) is 12.2. The van der Waals surface area contributed by atoms with E-state index in [0.29, 0.717) is 16.5 Å². The largest absolute Gasteiger partial charge is 0.481 e. The SMILES string of the molecule is CC(CSc1cc(N)ccc1Cl)C(=O)O. The molecule has 0 amide bonds. The summed E-state index contributed by atoms with van der Waals surface area (Å²) < 4.78 is 0. The zero-order valence-electron chi connectivity index (χ0n) is 8.24. The number of halogens is 1. The smallest absolute Gasteiger partial charge is 0.307 e. The topological polar surface area (TPSA) is 63.3 Å². The number of carbonyl (C=O) groups is 1. The van der Waals surface area contributed by atoms with E-state index in [1.807, 2.05) is 0 Å². The van der Waals surface area contributed by atoms with Crippen LogP contribution in [-0.2, 0) is 4.79 Å². The fourth-order valence-corrected chi connectivity index (χ4v) is 2.20. The number of carboxylic acids is 1. The molecule has 1 aromatic carbocycles. The Morgan fingerprint density at radius 1 is 1.67 bits per heavy atom. The molecule has 0 aliphatic rings. The molecule has 3 N–H and O–H groups in total. The summed E-state index contributed by atoms with van der Waals surface area (Å²) in [7, 11) is 0. The van der Waals surface area contributed by atoms with Crippen LogP contribution in [0.2, 0.25) is 5.02 Å². The second kappa shape index (κ2) is 5.28. The van der Waals surface area contributed by atoms with Crippen LogP contribution in [0.4, 0.5) is 5.69 Å². The van der Waals surface area contributed by atoms with Gasteiger partial charge in [0.05, 0.1) is 10.9 Å². The van der Waals surface area contributed by atoms with Crippen molar-refractivity contribution in [2.24, 2.45) is 5.92 Å². The number of anilines is 1. The predicted octanol–water partition coefficient (Wildman–Crippen LogP) is 2.74. The average molecular weight is 246 g/mol. The zero-order chi connectivity index (χ0) is 11.4.